The van der Waals surface area contributed by atoms with Crippen LogP contribution in [0.1, 0.15) is 45.2 Å². The van der Waals surface area contributed by atoms with Gasteiger partial charge in [-0.15, -0.1) is 0 Å². The molecular weight excluding hydrogens is 462 g/mol. The SMILES string of the molecule is CC(C)CC#Cc1ccc2c(c1)O[C@H](CN(C)Cc1cccnc1)[C@@H](C)CN([C@H](C)CO)S2(=O)=O. The number of fused-ring (bicyclic) bond motifs is 1. The summed E-state index contributed by atoms with van der Waals surface area (Å²) in [6.45, 7) is 9.22. The summed E-state index contributed by atoms with van der Waals surface area (Å²) in [6, 6.07) is 8.42. The first-order chi connectivity index (χ1) is 16.6. The summed E-state index contributed by atoms with van der Waals surface area (Å²) in [7, 11) is -1.84. The maximum absolute atomic E-state index is 13.6. The Kier molecular flexibility index (Phi) is 9.31. The molecule has 1 aromatic heterocycles. The van der Waals surface area contributed by atoms with E-state index in [2.05, 4.69) is 35.6 Å². The van der Waals surface area contributed by atoms with Crippen molar-refractivity contribution in [3.05, 3.63) is 53.9 Å². The number of rotatable bonds is 7. The van der Waals surface area contributed by atoms with Crippen molar-refractivity contribution in [2.24, 2.45) is 11.8 Å². The minimum Gasteiger partial charge on any atom is -0.487 e. The van der Waals surface area contributed by atoms with Gasteiger partial charge in [0.2, 0.25) is 10.0 Å². The molecule has 2 aromatic rings. The van der Waals surface area contributed by atoms with Gasteiger partial charge in [-0.05, 0) is 49.7 Å². The highest BCUT2D eigenvalue weighted by atomic mass is 32.2. The fraction of sp³-hybridized carbons (Fsp3) is 0.519. The lowest BCUT2D eigenvalue weighted by Crippen LogP contribution is -2.49. The molecule has 0 amide bonds. The van der Waals surface area contributed by atoms with E-state index in [1.165, 1.54) is 4.31 Å². The van der Waals surface area contributed by atoms with Crippen LogP contribution in [0.5, 0.6) is 5.75 Å². The third-order valence-corrected chi connectivity index (χ3v) is 8.10. The number of benzene rings is 1. The lowest BCUT2D eigenvalue weighted by Gasteiger charge is -2.37. The summed E-state index contributed by atoms with van der Waals surface area (Å²) in [5.74, 6) is 6.95. The van der Waals surface area contributed by atoms with Crippen LogP contribution in [0.2, 0.25) is 0 Å². The van der Waals surface area contributed by atoms with E-state index in [1.807, 2.05) is 32.3 Å². The van der Waals surface area contributed by atoms with Crippen LogP contribution in [0, 0.1) is 23.7 Å². The fourth-order valence-electron chi connectivity index (χ4n) is 4.05. The van der Waals surface area contributed by atoms with Crippen molar-refractivity contribution in [1.29, 1.82) is 0 Å². The number of aliphatic hydroxyl groups is 1. The highest BCUT2D eigenvalue weighted by molar-refractivity contribution is 7.89. The van der Waals surface area contributed by atoms with Crippen LogP contribution in [0.4, 0.5) is 0 Å². The molecule has 1 N–H and O–H groups in total. The van der Waals surface area contributed by atoms with E-state index < -0.39 is 16.1 Å². The predicted octanol–water partition coefficient (Wildman–Crippen LogP) is 3.38. The van der Waals surface area contributed by atoms with Gasteiger partial charge < -0.3 is 9.84 Å². The quantitative estimate of drug-likeness (QED) is 0.588. The predicted molar refractivity (Wildman–Crippen MR) is 137 cm³/mol. The molecule has 190 valence electrons. The van der Waals surface area contributed by atoms with Gasteiger partial charge in [-0.1, -0.05) is 38.7 Å². The Morgan fingerprint density at radius 2 is 2.06 bits per heavy atom. The normalized spacial score (nSPS) is 20.8. The Hall–Kier alpha value is -2.44. The zero-order valence-electron chi connectivity index (χ0n) is 21.3. The van der Waals surface area contributed by atoms with Gasteiger partial charge in [-0.3, -0.25) is 9.88 Å². The van der Waals surface area contributed by atoms with E-state index in [-0.39, 0.29) is 30.1 Å². The second kappa shape index (κ2) is 12.0. The van der Waals surface area contributed by atoms with Crippen molar-refractivity contribution in [2.75, 3.05) is 26.7 Å². The smallest absolute Gasteiger partial charge is 0.247 e. The molecule has 1 aliphatic heterocycles. The topological polar surface area (TPSA) is 83.0 Å². The Labute approximate surface area is 210 Å². The molecule has 0 saturated heterocycles. The molecule has 7 nitrogen and oxygen atoms in total. The standard InChI is InChI=1S/C27H37N3O4S/c1-20(2)8-6-9-23-11-12-27-25(14-23)34-26(18-29(5)17-24-10-7-13-28-15-24)21(3)16-30(22(4)19-31)35(27,32)33/h7,10-15,20-22,26,31H,8,16-19H2,1-5H3/t21-,22+,26+/m0/s1. The maximum atomic E-state index is 13.6. The number of likely N-dealkylation sites (N-methyl/N-ethyl adjacent to an activating group) is 1. The molecular formula is C27H37N3O4S. The first-order valence-electron chi connectivity index (χ1n) is 12.1. The molecule has 1 aromatic carbocycles. The number of aromatic nitrogens is 1. The molecule has 3 atom stereocenters. The van der Waals surface area contributed by atoms with Gasteiger partial charge >= 0.3 is 0 Å². The Morgan fingerprint density at radius 3 is 2.71 bits per heavy atom. The minimum absolute atomic E-state index is 0.110. The number of pyridine rings is 1. The van der Waals surface area contributed by atoms with Gasteiger partial charge in [-0.2, -0.15) is 4.31 Å². The molecule has 8 heteroatoms. The third-order valence-electron chi connectivity index (χ3n) is 6.08. The van der Waals surface area contributed by atoms with E-state index in [9.17, 15) is 13.5 Å². The molecule has 0 unspecified atom stereocenters. The van der Waals surface area contributed by atoms with Gasteiger partial charge in [0.15, 0.2) is 0 Å². The molecule has 3 rings (SSSR count). The maximum Gasteiger partial charge on any atom is 0.247 e. The zero-order valence-corrected chi connectivity index (χ0v) is 22.1. The molecule has 0 aliphatic carbocycles. The summed E-state index contributed by atoms with van der Waals surface area (Å²) in [5.41, 5.74) is 1.81. The van der Waals surface area contributed by atoms with Crippen LogP contribution in [0.25, 0.3) is 0 Å². The molecule has 2 heterocycles. The van der Waals surface area contributed by atoms with Crippen molar-refractivity contribution in [1.82, 2.24) is 14.2 Å². The van der Waals surface area contributed by atoms with E-state index in [0.717, 1.165) is 17.5 Å². The first-order valence-corrected chi connectivity index (χ1v) is 13.6. The van der Waals surface area contributed by atoms with Crippen LogP contribution in [-0.4, -0.2) is 66.6 Å². The van der Waals surface area contributed by atoms with Crippen LogP contribution in [0.15, 0.2) is 47.6 Å². The van der Waals surface area contributed by atoms with Gasteiger partial charge in [0.25, 0.3) is 0 Å². The van der Waals surface area contributed by atoms with Crippen LogP contribution < -0.4 is 4.74 Å². The average Bonchev–Trinajstić information content (AvgIpc) is 2.81. The monoisotopic (exact) mass is 499 g/mol. The number of hydrogen-bond acceptors (Lipinski definition) is 6. The fourth-order valence-corrected chi connectivity index (χ4v) is 5.88. The molecule has 0 saturated carbocycles. The zero-order chi connectivity index (χ0) is 25.6. The molecule has 0 spiro atoms. The van der Waals surface area contributed by atoms with Crippen LogP contribution in [-0.2, 0) is 16.6 Å². The number of ether oxygens (including phenoxy) is 1. The summed E-state index contributed by atoms with van der Waals surface area (Å²) in [6.07, 6.45) is 4.09. The molecule has 0 bridgehead atoms. The number of aliphatic hydroxyl groups excluding tert-OH is 1. The van der Waals surface area contributed by atoms with Gasteiger partial charge in [0.1, 0.15) is 16.7 Å². The third kappa shape index (κ3) is 7.05. The largest absolute Gasteiger partial charge is 0.487 e. The van der Waals surface area contributed by atoms with Gasteiger partial charge in [0, 0.05) is 56.0 Å². The Bertz CT molecular complexity index is 1140. The lowest BCUT2D eigenvalue weighted by atomic mass is 10.0. The highest BCUT2D eigenvalue weighted by Gasteiger charge is 2.38. The van der Waals surface area contributed by atoms with Gasteiger partial charge in [-0.25, -0.2) is 8.42 Å². The summed E-state index contributed by atoms with van der Waals surface area (Å²) < 4.78 is 35.0. The van der Waals surface area contributed by atoms with Crippen molar-refractivity contribution in [3.63, 3.8) is 0 Å². The van der Waals surface area contributed by atoms with E-state index in [1.54, 1.807) is 31.3 Å². The number of sulfonamides is 1. The van der Waals surface area contributed by atoms with Crippen LogP contribution >= 0.6 is 0 Å². The summed E-state index contributed by atoms with van der Waals surface area (Å²) in [4.78, 5) is 6.45. The van der Waals surface area contributed by atoms with E-state index >= 15 is 0 Å². The Balaban J connectivity index is 1.97. The van der Waals surface area contributed by atoms with Gasteiger partial charge in [0.05, 0.1) is 6.61 Å². The number of hydrogen-bond donors (Lipinski definition) is 1. The Morgan fingerprint density at radius 1 is 1.29 bits per heavy atom. The number of nitrogens with zero attached hydrogens (tertiary/aromatic N) is 3. The average molecular weight is 500 g/mol. The molecule has 1 aliphatic rings. The summed E-state index contributed by atoms with van der Waals surface area (Å²) in [5, 5.41) is 9.81. The highest BCUT2D eigenvalue weighted by Crippen LogP contribution is 2.34. The van der Waals surface area contributed by atoms with Crippen molar-refractivity contribution in [2.45, 2.75) is 57.7 Å². The van der Waals surface area contributed by atoms with Crippen molar-refractivity contribution < 1.29 is 18.3 Å². The molecule has 35 heavy (non-hydrogen) atoms. The van der Waals surface area contributed by atoms with Crippen molar-refractivity contribution in [3.8, 4) is 17.6 Å². The first kappa shape index (κ1) is 27.2. The minimum atomic E-state index is -3.86. The van der Waals surface area contributed by atoms with Crippen LogP contribution in [0.3, 0.4) is 0 Å². The molecule has 0 radical (unpaired) electrons. The second-order valence-corrected chi connectivity index (χ2v) is 11.7. The van der Waals surface area contributed by atoms with Crippen molar-refractivity contribution >= 4 is 10.0 Å². The van der Waals surface area contributed by atoms with E-state index in [4.69, 9.17) is 4.74 Å². The lowest BCUT2D eigenvalue weighted by molar-refractivity contribution is 0.0733. The molecule has 0 fully saturated rings. The summed E-state index contributed by atoms with van der Waals surface area (Å²) >= 11 is 0. The second-order valence-electron chi connectivity index (χ2n) is 9.86. The van der Waals surface area contributed by atoms with E-state index in [0.29, 0.717) is 24.8 Å².